The van der Waals surface area contributed by atoms with Crippen LogP contribution in [0.5, 0.6) is 0 Å². The Morgan fingerprint density at radius 3 is 2.40 bits per heavy atom. The third-order valence-corrected chi connectivity index (χ3v) is 7.06. The van der Waals surface area contributed by atoms with Gasteiger partial charge in [-0.3, -0.25) is 4.79 Å². The van der Waals surface area contributed by atoms with Crippen LogP contribution in [0.15, 0.2) is 77.6 Å². The number of nitrogens with zero attached hydrogens (tertiary/aromatic N) is 1. The maximum atomic E-state index is 13.6. The number of halogens is 6. The highest BCUT2D eigenvalue weighted by Crippen LogP contribution is 2.29. The number of carbonyl (C=O) groups is 2. The van der Waals surface area contributed by atoms with Gasteiger partial charge in [0.2, 0.25) is 5.91 Å². The van der Waals surface area contributed by atoms with Gasteiger partial charge >= 0.3 is 12.3 Å². The minimum Gasteiger partial charge on any atom is -0.448 e. The molecule has 0 saturated carbocycles. The van der Waals surface area contributed by atoms with Gasteiger partial charge in [-0.1, -0.05) is 42.4 Å². The minimum absolute atomic E-state index is 0.0498. The number of benzene rings is 2. The van der Waals surface area contributed by atoms with E-state index in [0.717, 1.165) is 6.20 Å². The first-order valence-electron chi connectivity index (χ1n) is 13.8. The molecule has 1 saturated heterocycles. The zero-order chi connectivity index (χ0) is 33.0. The lowest BCUT2D eigenvalue weighted by molar-refractivity contribution is -0.124. The highest BCUT2D eigenvalue weighted by atomic mass is 35.5. The smallest absolute Gasteiger partial charge is 0.407 e. The van der Waals surface area contributed by atoms with Crippen molar-refractivity contribution in [3.05, 3.63) is 94.5 Å². The lowest BCUT2D eigenvalue weighted by Gasteiger charge is -2.30. The van der Waals surface area contributed by atoms with Gasteiger partial charge in [-0.15, -0.1) is 0 Å². The van der Waals surface area contributed by atoms with Crippen molar-refractivity contribution in [2.24, 2.45) is 10.7 Å². The van der Waals surface area contributed by atoms with Crippen LogP contribution in [-0.4, -0.2) is 69.1 Å². The SMILES string of the molecule is C=C(CC[C@@H]1CN[C@H](COC(=O)NCC(F)(F)F)CO1)/C(=C\N=CF)NC(=O)C(N)[C@H](c1ccc(F)cc1)c1ccc(Cl)cc1. The molecule has 4 atom stereocenters. The zero-order valence-corrected chi connectivity index (χ0v) is 24.7. The fraction of sp³-hybridized carbons (Fsp3) is 0.367. The van der Waals surface area contributed by atoms with E-state index in [-0.39, 0.29) is 31.5 Å². The Kier molecular flexibility index (Phi) is 13.5. The van der Waals surface area contributed by atoms with Crippen molar-refractivity contribution in [1.82, 2.24) is 16.0 Å². The summed E-state index contributed by atoms with van der Waals surface area (Å²) in [4.78, 5) is 28.3. The van der Waals surface area contributed by atoms with Crippen molar-refractivity contribution in [2.45, 2.75) is 43.1 Å². The fourth-order valence-corrected chi connectivity index (χ4v) is 4.59. The average Bonchev–Trinajstić information content (AvgIpc) is 3.01. The van der Waals surface area contributed by atoms with Gasteiger partial charge in [-0.25, -0.2) is 14.2 Å². The summed E-state index contributed by atoms with van der Waals surface area (Å²) in [7, 11) is 0. The third-order valence-electron chi connectivity index (χ3n) is 6.80. The molecule has 9 nitrogen and oxygen atoms in total. The Bertz CT molecular complexity index is 1300. The highest BCUT2D eigenvalue weighted by molar-refractivity contribution is 6.30. The number of amides is 2. The number of hydrogen-bond donors (Lipinski definition) is 4. The quantitative estimate of drug-likeness (QED) is 0.138. The number of aliphatic imine (C=N–C) groups is 1. The Morgan fingerprint density at radius 2 is 1.82 bits per heavy atom. The van der Waals surface area contributed by atoms with Crippen LogP contribution in [0.25, 0.3) is 0 Å². The minimum atomic E-state index is -4.55. The molecule has 2 aromatic rings. The standard InChI is InChI=1S/C30H33ClF5N5O4/c1-18(2-11-24-12-39-23(14-44-24)15-45-29(43)40-16-30(34,35)36)25(13-38-17-32)41-28(42)27(37)26(19-3-7-21(31)8-4-19)20-5-9-22(33)10-6-20/h3-10,13,17,23-24,26-27,39H,1-2,11-12,14-16,37H2,(H,40,43)(H,41,42)/b25-13+,38-17?/t23-,24+,26-,27?/m0/s1. The lowest BCUT2D eigenvalue weighted by Crippen LogP contribution is -2.49. The number of hydrogen-bond acceptors (Lipinski definition) is 7. The molecule has 0 radical (unpaired) electrons. The van der Waals surface area contributed by atoms with E-state index in [2.05, 4.69) is 22.2 Å². The summed E-state index contributed by atoms with van der Waals surface area (Å²) in [5.74, 6) is -1.76. The van der Waals surface area contributed by atoms with Crippen molar-refractivity contribution < 1.29 is 41.0 Å². The van der Waals surface area contributed by atoms with Gasteiger partial charge in [0.05, 0.1) is 36.7 Å². The molecule has 1 unspecified atom stereocenters. The number of rotatable bonds is 13. The highest BCUT2D eigenvalue weighted by Gasteiger charge is 2.30. The van der Waals surface area contributed by atoms with E-state index in [1.54, 1.807) is 29.6 Å². The van der Waals surface area contributed by atoms with Gasteiger partial charge in [0.25, 0.3) is 0 Å². The predicted molar refractivity (Wildman–Crippen MR) is 159 cm³/mol. The summed E-state index contributed by atoms with van der Waals surface area (Å²) in [5.41, 5.74) is 8.21. The maximum absolute atomic E-state index is 13.6. The number of alkyl halides is 3. The molecule has 1 heterocycles. The van der Waals surface area contributed by atoms with E-state index in [1.165, 1.54) is 24.3 Å². The second kappa shape index (κ2) is 17.0. The number of carbonyl (C=O) groups excluding carboxylic acids is 2. The molecular formula is C30H33ClF5N5O4. The van der Waals surface area contributed by atoms with Crippen LogP contribution < -0.4 is 21.7 Å². The van der Waals surface area contributed by atoms with Crippen LogP contribution in [0.4, 0.5) is 26.7 Å². The molecule has 5 N–H and O–H groups in total. The number of ether oxygens (including phenoxy) is 2. The summed E-state index contributed by atoms with van der Waals surface area (Å²) in [6.45, 7) is 2.81. The average molecular weight is 658 g/mol. The van der Waals surface area contributed by atoms with Gasteiger partial charge in [0, 0.05) is 17.5 Å². The molecule has 2 amide bonds. The van der Waals surface area contributed by atoms with Gasteiger partial charge in [0.1, 0.15) is 19.0 Å². The molecule has 0 bridgehead atoms. The van der Waals surface area contributed by atoms with Crippen molar-refractivity contribution >= 4 is 30.1 Å². The number of nitrogens with two attached hydrogens (primary N) is 1. The van der Waals surface area contributed by atoms with E-state index in [1.807, 2.05) is 0 Å². The number of allylic oxidation sites excluding steroid dienone is 1. The number of morpholine rings is 1. The molecule has 1 aliphatic heterocycles. The zero-order valence-electron chi connectivity index (χ0n) is 24.0. The first kappa shape index (κ1) is 35.6. The van der Waals surface area contributed by atoms with Crippen molar-refractivity contribution in [3.8, 4) is 0 Å². The van der Waals surface area contributed by atoms with Crippen LogP contribution >= 0.6 is 11.6 Å². The van der Waals surface area contributed by atoms with Crippen molar-refractivity contribution in [2.75, 3.05) is 26.3 Å². The van der Waals surface area contributed by atoms with Crippen molar-refractivity contribution in [1.29, 1.82) is 0 Å². The molecule has 45 heavy (non-hydrogen) atoms. The molecule has 2 aromatic carbocycles. The van der Waals surface area contributed by atoms with E-state index in [4.69, 9.17) is 26.8 Å². The van der Waals surface area contributed by atoms with Gasteiger partial charge < -0.3 is 31.2 Å². The van der Waals surface area contributed by atoms with Crippen molar-refractivity contribution in [3.63, 3.8) is 0 Å². The largest absolute Gasteiger partial charge is 0.448 e. The molecule has 0 spiro atoms. The Labute approximate surface area is 261 Å². The lowest BCUT2D eigenvalue weighted by atomic mass is 9.85. The molecule has 0 aromatic heterocycles. The Morgan fingerprint density at radius 1 is 1.18 bits per heavy atom. The topological polar surface area (TPSA) is 127 Å². The summed E-state index contributed by atoms with van der Waals surface area (Å²) < 4.78 is 73.6. The van der Waals surface area contributed by atoms with Crippen LogP contribution in [0, 0.1) is 5.82 Å². The third kappa shape index (κ3) is 11.9. The van der Waals surface area contributed by atoms with Gasteiger partial charge in [0.15, 0.2) is 6.47 Å². The van der Waals surface area contributed by atoms with Crippen LogP contribution in [-0.2, 0) is 14.3 Å². The molecule has 1 aliphatic rings. The van der Waals surface area contributed by atoms with Crippen LogP contribution in [0.1, 0.15) is 29.9 Å². The molecule has 0 aliphatic carbocycles. The second-order valence-electron chi connectivity index (χ2n) is 10.2. The first-order valence-corrected chi connectivity index (χ1v) is 14.1. The molecule has 15 heteroatoms. The normalized spacial score (nSPS) is 18.7. The molecular weight excluding hydrogens is 625 g/mol. The Hall–Kier alpha value is -3.85. The van der Waals surface area contributed by atoms with Crippen LogP contribution in [0.2, 0.25) is 5.02 Å². The van der Waals surface area contributed by atoms with Gasteiger partial charge in [-0.05, 0) is 53.8 Å². The summed E-state index contributed by atoms with van der Waals surface area (Å²) in [6, 6.07) is 10.7. The molecule has 1 fully saturated rings. The summed E-state index contributed by atoms with van der Waals surface area (Å²) in [5, 5.41) is 7.86. The van der Waals surface area contributed by atoms with E-state index < -0.39 is 48.5 Å². The first-order chi connectivity index (χ1) is 21.4. The second-order valence-corrected chi connectivity index (χ2v) is 10.6. The van der Waals surface area contributed by atoms with E-state index in [9.17, 15) is 31.5 Å². The number of nitrogens with one attached hydrogen (secondary N) is 3. The van der Waals surface area contributed by atoms with Gasteiger partial charge in [-0.2, -0.15) is 17.6 Å². The van der Waals surface area contributed by atoms with E-state index in [0.29, 0.717) is 41.1 Å². The van der Waals surface area contributed by atoms with E-state index >= 15 is 0 Å². The Balaban J connectivity index is 1.57. The maximum Gasteiger partial charge on any atom is 0.407 e. The predicted octanol–water partition coefficient (Wildman–Crippen LogP) is 4.88. The summed E-state index contributed by atoms with van der Waals surface area (Å²) >= 11 is 6.03. The van der Waals surface area contributed by atoms with Crippen LogP contribution in [0.3, 0.4) is 0 Å². The molecule has 3 rings (SSSR count). The fourth-order valence-electron chi connectivity index (χ4n) is 4.46. The summed E-state index contributed by atoms with van der Waals surface area (Å²) in [6.07, 6.45) is -4.23. The molecule has 244 valence electrons. The number of alkyl carbamates (subject to hydrolysis) is 1. The monoisotopic (exact) mass is 657 g/mol.